The van der Waals surface area contributed by atoms with E-state index < -0.39 is 10.1 Å². The molecule has 0 aromatic carbocycles. The minimum Gasteiger partial charge on any atom is -0.308 e. The van der Waals surface area contributed by atoms with E-state index in [-0.39, 0.29) is 11.9 Å². The molecule has 0 aliphatic heterocycles. The Morgan fingerprint density at radius 1 is 0.867 bits per heavy atom. The van der Waals surface area contributed by atoms with Gasteiger partial charge in [-0.25, -0.2) is 0 Å². The number of hydrogen-bond acceptors (Lipinski definition) is 5. The van der Waals surface area contributed by atoms with E-state index in [0.717, 1.165) is 25.0 Å². The van der Waals surface area contributed by atoms with Gasteiger partial charge in [0, 0.05) is 11.8 Å². The summed E-state index contributed by atoms with van der Waals surface area (Å²) in [7, 11) is 0.660. The molecular formula is C24H47NO3S2. The third-order valence-electron chi connectivity index (χ3n) is 4.74. The van der Waals surface area contributed by atoms with Crippen molar-refractivity contribution in [2.75, 3.05) is 39.3 Å². The fraction of sp³-hybridized carbons (Fsp3) is 0.833. The molecule has 0 aromatic rings. The lowest BCUT2D eigenvalue weighted by Gasteiger charge is -2.20. The summed E-state index contributed by atoms with van der Waals surface area (Å²) in [6, 6.07) is 0. The Balaban J connectivity index is 3.57. The monoisotopic (exact) mass is 461 g/mol. The van der Waals surface area contributed by atoms with Gasteiger partial charge >= 0.3 is 0 Å². The highest BCUT2D eigenvalue weighted by Gasteiger charge is 2.14. The van der Waals surface area contributed by atoms with Crippen molar-refractivity contribution >= 4 is 21.9 Å². The van der Waals surface area contributed by atoms with Gasteiger partial charge < -0.3 is 4.90 Å². The smallest absolute Gasteiger partial charge is 0.264 e. The molecule has 0 fully saturated rings. The standard InChI is InChI=1S/C24H47NO3S2/c1-5-6-7-8-9-10-11-12-13-14-15-16-17-18-19-20-21-29-24(22-25(2)3)23-28-30(4,26)27/h9-10,12-13,24H,5-8,11,14-23H2,1-4H3. The lowest BCUT2D eigenvalue weighted by Crippen LogP contribution is -2.28. The van der Waals surface area contributed by atoms with E-state index in [1.807, 2.05) is 25.9 Å². The molecule has 0 aliphatic carbocycles. The van der Waals surface area contributed by atoms with Crippen molar-refractivity contribution in [3.8, 4) is 0 Å². The van der Waals surface area contributed by atoms with Crippen LogP contribution in [0.4, 0.5) is 0 Å². The van der Waals surface area contributed by atoms with E-state index in [0.29, 0.717) is 0 Å². The summed E-state index contributed by atoms with van der Waals surface area (Å²) in [5.41, 5.74) is 0. The fourth-order valence-corrected chi connectivity index (χ4v) is 4.87. The first kappa shape index (κ1) is 29.7. The number of hydrogen-bond donors (Lipinski definition) is 0. The average molecular weight is 462 g/mol. The Hall–Kier alpha value is -0.300. The maximum Gasteiger partial charge on any atom is 0.264 e. The van der Waals surface area contributed by atoms with E-state index in [2.05, 4.69) is 36.1 Å². The predicted octanol–water partition coefficient (Wildman–Crippen LogP) is 6.44. The van der Waals surface area contributed by atoms with Crippen molar-refractivity contribution in [1.29, 1.82) is 0 Å². The van der Waals surface area contributed by atoms with Crippen molar-refractivity contribution in [1.82, 2.24) is 4.90 Å². The molecule has 0 bridgehead atoms. The molecule has 6 heteroatoms. The molecule has 4 nitrogen and oxygen atoms in total. The van der Waals surface area contributed by atoms with Gasteiger partial charge in [-0.05, 0) is 58.4 Å². The molecule has 1 atom stereocenters. The molecular weight excluding hydrogens is 414 g/mol. The van der Waals surface area contributed by atoms with Crippen LogP contribution in [0.15, 0.2) is 24.3 Å². The van der Waals surface area contributed by atoms with Crippen LogP contribution in [-0.2, 0) is 14.3 Å². The van der Waals surface area contributed by atoms with Gasteiger partial charge in [0.2, 0.25) is 0 Å². The van der Waals surface area contributed by atoms with Crippen LogP contribution in [0.1, 0.15) is 84.0 Å². The molecule has 0 N–H and O–H groups in total. The van der Waals surface area contributed by atoms with Gasteiger partial charge in [0.25, 0.3) is 10.1 Å². The molecule has 0 amide bonds. The summed E-state index contributed by atoms with van der Waals surface area (Å²) in [5, 5.41) is 0.202. The lowest BCUT2D eigenvalue weighted by molar-refractivity contribution is 0.293. The normalized spacial score (nSPS) is 13.8. The van der Waals surface area contributed by atoms with Gasteiger partial charge in [-0.2, -0.15) is 20.2 Å². The number of nitrogens with zero attached hydrogens (tertiary/aromatic N) is 1. The summed E-state index contributed by atoms with van der Waals surface area (Å²) in [6.07, 6.45) is 25.5. The molecule has 30 heavy (non-hydrogen) atoms. The molecule has 1 unspecified atom stereocenters. The Bertz CT molecular complexity index is 531. The Kier molecular flexibility index (Phi) is 20.4. The van der Waals surface area contributed by atoms with Crippen LogP contribution in [-0.4, -0.2) is 57.8 Å². The number of rotatable bonds is 21. The second-order valence-electron chi connectivity index (χ2n) is 8.33. The van der Waals surface area contributed by atoms with E-state index in [4.69, 9.17) is 4.18 Å². The third kappa shape index (κ3) is 24.0. The zero-order valence-electron chi connectivity index (χ0n) is 20.0. The number of thioether (sulfide) groups is 1. The molecule has 0 spiro atoms. The maximum absolute atomic E-state index is 11.2. The molecule has 0 heterocycles. The van der Waals surface area contributed by atoms with Crippen molar-refractivity contribution in [3.05, 3.63) is 24.3 Å². The highest BCUT2D eigenvalue weighted by Crippen LogP contribution is 2.17. The summed E-state index contributed by atoms with van der Waals surface area (Å²) < 4.78 is 27.4. The molecule has 0 saturated heterocycles. The topological polar surface area (TPSA) is 46.6 Å². The molecule has 0 saturated carbocycles. The molecule has 0 rings (SSSR count). The van der Waals surface area contributed by atoms with Crippen LogP contribution in [0, 0.1) is 0 Å². The zero-order chi connectivity index (χ0) is 22.5. The van der Waals surface area contributed by atoms with Gasteiger partial charge in [0.05, 0.1) is 12.9 Å². The van der Waals surface area contributed by atoms with Crippen molar-refractivity contribution in [2.45, 2.75) is 89.2 Å². The SMILES string of the molecule is CCCCCC=CCC=CCCCCCCCCSC(COS(C)(=O)=O)CN(C)C. The van der Waals surface area contributed by atoms with Gasteiger partial charge in [0.15, 0.2) is 0 Å². The Labute approximate surface area is 192 Å². The van der Waals surface area contributed by atoms with Crippen LogP contribution < -0.4 is 0 Å². The first-order valence-electron chi connectivity index (χ1n) is 11.8. The molecule has 0 aliphatic rings. The first-order valence-corrected chi connectivity index (χ1v) is 14.6. The minimum atomic E-state index is -3.36. The Morgan fingerprint density at radius 3 is 2.00 bits per heavy atom. The second kappa shape index (κ2) is 20.6. The zero-order valence-corrected chi connectivity index (χ0v) is 21.6. The first-order chi connectivity index (χ1) is 14.3. The van der Waals surface area contributed by atoms with Crippen molar-refractivity contribution < 1.29 is 12.6 Å². The van der Waals surface area contributed by atoms with E-state index in [9.17, 15) is 8.42 Å². The summed E-state index contributed by atoms with van der Waals surface area (Å²) in [4.78, 5) is 2.08. The lowest BCUT2D eigenvalue weighted by atomic mass is 10.1. The molecule has 178 valence electrons. The maximum atomic E-state index is 11.2. The average Bonchev–Trinajstić information content (AvgIpc) is 2.67. The number of unbranched alkanes of at least 4 members (excludes halogenated alkanes) is 9. The summed E-state index contributed by atoms with van der Waals surface area (Å²) >= 11 is 1.83. The van der Waals surface area contributed by atoms with E-state index in [1.54, 1.807) is 0 Å². The quantitative estimate of drug-likeness (QED) is 0.112. The minimum absolute atomic E-state index is 0.202. The van der Waals surface area contributed by atoms with E-state index >= 15 is 0 Å². The van der Waals surface area contributed by atoms with E-state index in [1.165, 1.54) is 70.6 Å². The predicted molar refractivity (Wildman–Crippen MR) is 135 cm³/mol. The van der Waals surface area contributed by atoms with Crippen LogP contribution in [0.5, 0.6) is 0 Å². The van der Waals surface area contributed by atoms with Gasteiger partial charge in [-0.1, -0.05) is 69.8 Å². The Morgan fingerprint density at radius 2 is 1.43 bits per heavy atom. The third-order valence-corrected chi connectivity index (χ3v) is 6.58. The fourth-order valence-electron chi connectivity index (χ4n) is 3.10. The second-order valence-corrected chi connectivity index (χ2v) is 11.4. The largest absolute Gasteiger partial charge is 0.308 e. The summed E-state index contributed by atoms with van der Waals surface area (Å²) in [6.45, 7) is 3.35. The highest BCUT2D eigenvalue weighted by molar-refractivity contribution is 8.00. The molecule has 0 radical (unpaired) electrons. The van der Waals surface area contributed by atoms with Crippen LogP contribution >= 0.6 is 11.8 Å². The highest BCUT2D eigenvalue weighted by atomic mass is 32.2. The number of allylic oxidation sites excluding steroid dienone is 4. The van der Waals surface area contributed by atoms with Crippen molar-refractivity contribution in [3.63, 3.8) is 0 Å². The van der Waals surface area contributed by atoms with Crippen molar-refractivity contribution in [2.24, 2.45) is 0 Å². The van der Waals surface area contributed by atoms with Crippen LogP contribution in [0.2, 0.25) is 0 Å². The summed E-state index contributed by atoms with van der Waals surface area (Å²) in [5.74, 6) is 1.07. The van der Waals surface area contributed by atoms with Crippen LogP contribution in [0.25, 0.3) is 0 Å². The van der Waals surface area contributed by atoms with Gasteiger partial charge in [-0.3, -0.25) is 4.18 Å². The van der Waals surface area contributed by atoms with Crippen LogP contribution in [0.3, 0.4) is 0 Å². The van der Waals surface area contributed by atoms with Gasteiger partial charge in [0.1, 0.15) is 0 Å². The molecule has 0 aromatic heterocycles. The van der Waals surface area contributed by atoms with Gasteiger partial charge in [-0.15, -0.1) is 0 Å².